The van der Waals surface area contributed by atoms with Crippen LogP contribution in [0.3, 0.4) is 0 Å². The predicted octanol–water partition coefficient (Wildman–Crippen LogP) is 2.38. The van der Waals surface area contributed by atoms with Crippen molar-refractivity contribution in [2.45, 2.75) is 32.2 Å². The van der Waals surface area contributed by atoms with E-state index in [0.29, 0.717) is 17.9 Å². The Kier molecular flexibility index (Phi) is 2.61. The van der Waals surface area contributed by atoms with E-state index in [2.05, 4.69) is 21.5 Å². The van der Waals surface area contributed by atoms with Crippen LogP contribution in [-0.2, 0) is 0 Å². The van der Waals surface area contributed by atoms with Crippen LogP contribution >= 0.6 is 0 Å². The minimum atomic E-state index is 0.467. The van der Waals surface area contributed by atoms with Crippen molar-refractivity contribution < 1.29 is 4.74 Å². The Morgan fingerprint density at radius 1 is 1.44 bits per heavy atom. The van der Waals surface area contributed by atoms with Crippen LogP contribution in [0, 0.1) is 5.92 Å². The van der Waals surface area contributed by atoms with Crippen molar-refractivity contribution in [2.24, 2.45) is 5.92 Å². The summed E-state index contributed by atoms with van der Waals surface area (Å²) in [4.78, 5) is 8.84. The molecule has 0 radical (unpaired) electrons. The number of anilines is 1. The van der Waals surface area contributed by atoms with Crippen LogP contribution in [-0.4, -0.2) is 21.6 Å². The number of rotatable bonds is 4. The van der Waals surface area contributed by atoms with Crippen molar-refractivity contribution in [1.82, 2.24) is 14.5 Å². The van der Waals surface area contributed by atoms with Crippen LogP contribution in [0.4, 0.5) is 5.95 Å². The van der Waals surface area contributed by atoms with Crippen LogP contribution in [0.15, 0.2) is 12.1 Å². The molecule has 2 heterocycles. The molecule has 2 unspecified atom stereocenters. The van der Waals surface area contributed by atoms with Crippen molar-refractivity contribution in [3.8, 4) is 5.88 Å². The fourth-order valence-corrected chi connectivity index (χ4v) is 2.64. The van der Waals surface area contributed by atoms with Crippen LogP contribution in [0.2, 0.25) is 0 Å². The van der Waals surface area contributed by atoms with E-state index in [4.69, 9.17) is 10.5 Å². The van der Waals surface area contributed by atoms with Crippen LogP contribution in [0.1, 0.15) is 32.2 Å². The largest absolute Gasteiger partial charge is 0.481 e. The summed E-state index contributed by atoms with van der Waals surface area (Å²) in [7, 11) is 1.62. The van der Waals surface area contributed by atoms with E-state index in [1.807, 2.05) is 12.1 Å². The second-order valence-corrected chi connectivity index (χ2v) is 4.89. The molecule has 0 saturated heterocycles. The first-order chi connectivity index (χ1) is 8.74. The second kappa shape index (κ2) is 4.15. The van der Waals surface area contributed by atoms with Gasteiger partial charge in [-0.3, -0.25) is 4.57 Å². The number of hydrogen-bond donors (Lipinski definition) is 1. The van der Waals surface area contributed by atoms with Crippen molar-refractivity contribution in [3.63, 3.8) is 0 Å². The highest BCUT2D eigenvalue weighted by molar-refractivity contribution is 5.75. The number of hydrogen-bond acceptors (Lipinski definition) is 4. The molecule has 0 spiro atoms. The zero-order chi connectivity index (χ0) is 12.7. The third-order valence-corrected chi connectivity index (χ3v) is 3.62. The number of nitrogens with zero attached hydrogens (tertiary/aromatic N) is 3. The molecule has 0 bridgehead atoms. The maximum atomic E-state index is 6.02. The molecule has 5 nitrogen and oxygen atoms in total. The van der Waals surface area contributed by atoms with Gasteiger partial charge >= 0.3 is 0 Å². The van der Waals surface area contributed by atoms with Crippen molar-refractivity contribution >= 4 is 17.1 Å². The lowest BCUT2D eigenvalue weighted by atomic mass is 10.2. The van der Waals surface area contributed by atoms with Crippen LogP contribution in [0.25, 0.3) is 11.2 Å². The minimum Gasteiger partial charge on any atom is -0.481 e. The Balaban J connectivity index is 2.02. The summed E-state index contributed by atoms with van der Waals surface area (Å²) in [6.45, 7) is 2.21. The number of imidazole rings is 1. The van der Waals surface area contributed by atoms with Gasteiger partial charge in [0.05, 0.1) is 7.11 Å². The van der Waals surface area contributed by atoms with Gasteiger partial charge in [0.2, 0.25) is 11.8 Å². The van der Waals surface area contributed by atoms with Gasteiger partial charge < -0.3 is 10.5 Å². The summed E-state index contributed by atoms with van der Waals surface area (Å²) in [6, 6.07) is 4.19. The Morgan fingerprint density at radius 3 is 3.00 bits per heavy atom. The Labute approximate surface area is 106 Å². The number of fused-ring (bicyclic) bond motifs is 1. The molecule has 1 aliphatic carbocycles. The van der Waals surface area contributed by atoms with E-state index in [1.165, 1.54) is 19.3 Å². The van der Waals surface area contributed by atoms with E-state index in [0.717, 1.165) is 17.1 Å². The van der Waals surface area contributed by atoms with E-state index < -0.39 is 0 Å². The number of aromatic nitrogens is 3. The number of methoxy groups -OCH3 is 1. The zero-order valence-corrected chi connectivity index (χ0v) is 10.8. The molecule has 1 aliphatic rings. The van der Waals surface area contributed by atoms with Gasteiger partial charge in [-0.25, -0.2) is 4.98 Å². The molecule has 18 heavy (non-hydrogen) atoms. The Bertz CT molecular complexity index is 578. The molecular formula is C13H18N4O. The first-order valence-electron chi connectivity index (χ1n) is 6.43. The third kappa shape index (κ3) is 1.70. The SMILES string of the molecule is CCCC1CC1n1c(N)nc2ccc(OC)nc21. The maximum Gasteiger partial charge on any atom is 0.215 e. The first kappa shape index (κ1) is 11.3. The maximum absolute atomic E-state index is 6.02. The molecule has 0 aromatic carbocycles. The monoisotopic (exact) mass is 246 g/mol. The quantitative estimate of drug-likeness (QED) is 0.899. The molecule has 2 atom stereocenters. The van der Waals surface area contributed by atoms with Gasteiger partial charge in [-0.05, 0) is 24.8 Å². The highest BCUT2D eigenvalue weighted by Crippen LogP contribution is 2.48. The van der Waals surface area contributed by atoms with E-state index >= 15 is 0 Å². The molecule has 0 aliphatic heterocycles. The minimum absolute atomic E-state index is 0.467. The molecule has 1 saturated carbocycles. The summed E-state index contributed by atoms with van der Waals surface area (Å²) in [6.07, 6.45) is 3.64. The number of pyridine rings is 1. The molecule has 2 aromatic rings. The molecule has 3 rings (SSSR count). The van der Waals surface area contributed by atoms with Crippen LogP contribution in [0.5, 0.6) is 5.88 Å². The van der Waals surface area contributed by atoms with Gasteiger partial charge in [0.1, 0.15) is 5.52 Å². The average molecular weight is 246 g/mol. The van der Waals surface area contributed by atoms with Gasteiger partial charge in [-0.2, -0.15) is 4.98 Å². The van der Waals surface area contributed by atoms with Crippen molar-refractivity contribution in [2.75, 3.05) is 12.8 Å². The second-order valence-electron chi connectivity index (χ2n) is 4.89. The van der Waals surface area contributed by atoms with Gasteiger partial charge in [0, 0.05) is 12.1 Å². The normalized spacial score (nSPS) is 22.3. The molecule has 1 fully saturated rings. The molecule has 5 heteroatoms. The van der Waals surface area contributed by atoms with E-state index in [9.17, 15) is 0 Å². The fourth-order valence-electron chi connectivity index (χ4n) is 2.64. The van der Waals surface area contributed by atoms with Crippen molar-refractivity contribution in [3.05, 3.63) is 12.1 Å². The molecular weight excluding hydrogens is 228 g/mol. The standard InChI is InChI=1S/C13H18N4O/c1-3-4-8-7-10(8)17-12-9(15-13(17)14)5-6-11(16-12)18-2/h5-6,8,10H,3-4,7H2,1-2H3,(H2,14,15). The summed E-state index contributed by atoms with van der Waals surface area (Å²) in [5.74, 6) is 1.90. The van der Waals surface area contributed by atoms with E-state index in [-0.39, 0.29) is 0 Å². The Hall–Kier alpha value is -1.78. The predicted molar refractivity (Wildman–Crippen MR) is 70.5 cm³/mol. The third-order valence-electron chi connectivity index (χ3n) is 3.62. The summed E-state index contributed by atoms with van der Waals surface area (Å²) in [5.41, 5.74) is 7.70. The first-order valence-corrected chi connectivity index (χ1v) is 6.43. The van der Waals surface area contributed by atoms with Gasteiger partial charge in [0.15, 0.2) is 5.65 Å². The van der Waals surface area contributed by atoms with Gasteiger partial charge in [-0.15, -0.1) is 0 Å². The molecule has 0 amide bonds. The molecule has 96 valence electrons. The molecule has 2 N–H and O–H groups in total. The lowest BCUT2D eigenvalue weighted by Crippen LogP contribution is -2.03. The fraction of sp³-hybridized carbons (Fsp3) is 0.538. The highest BCUT2D eigenvalue weighted by Gasteiger charge is 2.40. The zero-order valence-electron chi connectivity index (χ0n) is 10.8. The summed E-state index contributed by atoms with van der Waals surface area (Å²) in [5, 5.41) is 0. The van der Waals surface area contributed by atoms with Crippen molar-refractivity contribution in [1.29, 1.82) is 0 Å². The van der Waals surface area contributed by atoms with Crippen LogP contribution < -0.4 is 10.5 Å². The average Bonchev–Trinajstić information content (AvgIpc) is 3.03. The smallest absolute Gasteiger partial charge is 0.215 e. The summed E-state index contributed by atoms with van der Waals surface area (Å²) < 4.78 is 7.24. The van der Waals surface area contributed by atoms with E-state index in [1.54, 1.807) is 7.11 Å². The Morgan fingerprint density at radius 2 is 2.28 bits per heavy atom. The summed E-state index contributed by atoms with van der Waals surface area (Å²) >= 11 is 0. The number of ether oxygens (including phenoxy) is 1. The number of nitrogen functional groups attached to an aromatic ring is 1. The molecule has 2 aromatic heterocycles. The number of nitrogens with two attached hydrogens (primary N) is 1. The van der Waals surface area contributed by atoms with Gasteiger partial charge in [0.25, 0.3) is 0 Å². The lowest BCUT2D eigenvalue weighted by molar-refractivity contribution is 0.399. The topological polar surface area (TPSA) is 66.0 Å². The highest BCUT2D eigenvalue weighted by atomic mass is 16.5. The lowest BCUT2D eigenvalue weighted by Gasteiger charge is -2.05. The van der Waals surface area contributed by atoms with Gasteiger partial charge in [-0.1, -0.05) is 13.3 Å².